The van der Waals surface area contributed by atoms with Gasteiger partial charge in [0.05, 0.1) is 0 Å². The fourth-order valence-electron chi connectivity index (χ4n) is 3.82. The van der Waals surface area contributed by atoms with Gasteiger partial charge in [-0.3, -0.25) is 4.79 Å². The Balaban J connectivity index is 1.37. The van der Waals surface area contributed by atoms with E-state index in [0.717, 1.165) is 42.2 Å². The van der Waals surface area contributed by atoms with Gasteiger partial charge in [-0.1, -0.05) is 0 Å². The number of aryl methyl sites for hydroxylation is 1. The predicted octanol–water partition coefficient (Wildman–Crippen LogP) is 3.66. The molecule has 5 rings (SSSR count). The monoisotopic (exact) mass is 378 g/mol. The van der Waals surface area contributed by atoms with Crippen LogP contribution in [-0.2, 0) is 12.8 Å². The van der Waals surface area contributed by atoms with Crippen LogP contribution in [0.5, 0.6) is 17.2 Å². The van der Waals surface area contributed by atoms with Gasteiger partial charge in [-0.05, 0) is 61.6 Å². The third kappa shape index (κ3) is 2.91. The summed E-state index contributed by atoms with van der Waals surface area (Å²) in [6.07, 6.45) is 3.76. The van der Waals surface area contributed by atoms with Crippen LogP contribution in [0.3, 0.4) is 0 Å². The molecule has 1 aromatic heterocycles. The first-order valence-electron chi connectivity index (χ1n) is 9.33. The summed E-state index contributed by atoms with van der Waals surface area (Å²) in [6.45, 7) is 0.0375. The van der Waals surface area contributed by atoms with E-state index in [1.807, 2.05) is 12.1 Å². The summed E-state index contributed by atoms with van der Waals surface area (Å²) in [4.78, 5) is 24.7. The van der Waals surface area contributed by atoms with Crippen molar-refractivity contribution in [3.63, 3.8) is 0 Å². The summed E-state index contributed by atoms with van der Waals surface area (Å²) >= 11 is 0. The van der Waals surface area contributed by atoms with Gasteiger partial charge in [-0.2, -0.15) is 0 Å². The molecule has 0 spiro atoms. The molecule has 0 fully saturated rings. The number of hydrogen-bond donors (Lipinski definition) is 0. The molecule has 0 N–H and O–H groups in total. The lowest BCUT2D eigenvalue weighted by molar-refractivity contribution is 0.0921. The average Bonchev–Trinajstić information content (AvgIpc) is 3.20. The number of fused-ring (bicyclic) bond motifs is 4. The minimum Gasteiger partial charge on any atom is -0.485 e. The topological polar surface area (TPSA) is 75.0 Å². The van der Waals surface area contributed by atoms with Crippen molar-refractivity contribution < 1.29 is 23.4 Å². The lowest BCUT2D eigenvalue weighted by Crippen LogP contribution is -2.16. The summed E-state index contributed by atoms with van der Waals surface area (Å²) in [6, 6.07) is 10.4. The van der Waals surface area contributed by atoms with E-state index in [4.69, 9.17) is 18.6 Å². The molecule has 0 amide bonds. The van der Waals surface area contributed by atoms with Gasteiger partial charge in [0.15, 0.2) is 23.9 Å². The Morgan fingerprint density at radius 2 is 1.79 bits per heavy atom. The first kappa shape index (κ1) is 16.9. The molecule has 142 valence electrons. The maximum absolute atomic E-state index is 12.4. The van der Waals surface area contributed by atoms with E-state index in [1.165, 1.54) is 0 Å². The molecule has 2 aromatic carbocycles. The van der Waals surface area contributed by atoms with Gasteiger partial charge in [-0.15, -0.1) is 0 Å². The summed E-state index contributed by atoms with van der Waals surface area (Å²) in [5.74, 6) is 1.50. The molecule has 0 radical (unpaired) electrons. The van der Waals surface area contributed by atoms with Crippen LogP contribution in [-0.4, -0.2) is 19.2 Å². The van der Waals surface area contributed by atoms with Gasteiger partial charge in [0, 0.05) is 22.6 Å². The molecule has 6 nitrogen and oxygen atoms in total. The maximum Gasteiger partial charge on any atom is 0.339 e. The molecule has 0 saturated heterocycles. The van der Waals surface area contributed by atoms with E-state index >= 15 is 0 Å². The Hall–Kier alpha value is -3.28. The third-order valence-electron chi connectivity index (χ3n) is 5.26. The van der Waals surface area contributed by atoms with Crippen LogP contribution in [0.1, 0.15) is 34.3 Å². The van der Waals surface area contributed by atoms with Crippen LogP contribution >= 0.6 is 0 Å². The Labute approximate surface area is 160 Å². The number of carbonyl (C=O) groups excluding carboxylic acids is 1. The second-order valence-corrected chi connectivity index (χ2v) is 6.99. The van der Waals surface area contributed by atoms with Gasteiger partial charge in [-0.25, -0.2) is 4.79 Å². The highest BCUT2D eigenvalue weighted by Crippen LogP contribution is 2.33. The predicted molar refractivity (Wildman–Crippen MR) is 102 cm³/mol. The summed E-state index contributed by atoms with van der Waals surface area (Å²) in [7, 11) is 0. The first-order valence-corrected chi connectivity index (χ1v) is 9.33. The smallest absolute Gasteiger partial charge is 0.339 e. The van der Waals surface area contributed by atoms with Gasteiger partial charge in [0.25, 0.3) is 0 Å². The van der Waals surface area contributed by atoms with Gasteiger partial charge in [0.1, 0.15) is 11.3 Å². The van der Waals surface area contributed by atoms with Crippen LogP contribution in [0.15, 0.2) is 45.6 Å². The number of ether oxygens (including phenoxy) is 3. The van der Waals surface area contributed by atoms with Gasteiger partial charge < -0.3 is 18.6 Å². The van der Waals surface area contributed by atoms with Gasteiger partial charge >= 0.3 is 5.63 Å². The van der Waals surface area contributed by atoms with Crippen molar-refractivity contribution >= 4 is 16.8 Å². The zero-order valence-corrected chi connectivity index (χ0v) is 15.2. The zero-order valence-electron chi connectivity index (χ0n) is 15.2. The molecule has 3 aromatic rings. The number of rotatable bonds is 4. The van der Waals surface area contributed by atoms with Gasteiger partial charge in [0.2, 0.25) is 6.79 Å². The summed E-state index contributed by atoms with van der Waals surface area (Å²) in [5.41, 5.74) is 2.60. The average molecular weight is 378 g/mol. The number of carbonyl (C=O) groups is 1. The molecule has 0 saturated carbocycles. The maximum atomic E-state index is 12.4. The second-order valence-electron chi connectivity index (χ2n) is 6.99. The number of ketones is 1. The molecule has 1 aliphatic carbocycles. The lowest BCUT2D eigenvalue weighted by Gasteiger charge is -2.16. The number of Topliss-reactive ketones (excluding diaryl/α,β-unsaturated/α-hetero) is 1. The molecular weight excluding hydrogens is 360 g/mol. The second kappa shape index (κ2) is 6.71. The van der Waals surface area contributed by atoms with Crippen molar-refractivity contribution in [2.75, 3.05) is 13.4 Å². The molecule has 6 heteroatoms. The highest BCUT2D eigenvalue weighted by molar-refractivity contribution is 5.98. The molecule has 2 aliphatic rings. The van der Waals surface area contributed by atoms with Crippen molar-refractivity contribution in [1.29, 1.82) is 0 Å². The van der Waals surface area contributed by atoms with E-state index in [9.17, 15) is 9.59 Å². The molecule has 1 aliphatic heterocycles. The van der Waals surface area contributed by atoms with E-state index < -0.39 is 0 Å². The van der Waals surface area contributed by atoms with E-state index in [0.29, 0.717) is 28.4 Å². The van der Waals surface area contributed by atoms with Crippen LogP contribution in [0.2, 0.25) is 0 Å². The van der Waals surface area contributed by atoms with Crippen molar-refractivity contribution in [2.45, 2.75) is 25.7 Å². The quantitative estimate of drug-likeness (QED) is 0.509. The third-order valence-corrected chi connectivity index (χ3v) is 5.26. The largest absolute Gasteiger partial charge is 0.485 e. The van der Waals surface area contributed by atoms with Crippen LogP contribution in [0, 0.1) is 0 Å². The van der Waals surface area contributed by atoms with Crippen LogP contribution < -0.4 is 19.8 Å². The van der Waals surface area contributed by atoms with Crippen LogP contribution in [0.4, 0.5) is 0 Å². The molecule has 0 bridgehead atoms. The first-order chi connectivity index (χ1) is 13.7. The summed E-state index contributed by atoms with van der Waals surface area (Å²) < 4.78 is 21.7. The zero-order chi connectivity index (χ0) is 19.1. The number of benzene rings is 2. The van der Waals surface area contributed by atoms with E-state index in [2.05, 4.69) is 0 Å². The molecule has 0 unspecified atom stereocenters. The van der Waals surface area contributed by atoms with Crippen LogP contribution in [0.25, 0.3) is 11.0 Å². The van der Waals surface area contributed by atoms with E-state index in [1.54, 1.807) is 24.3 Å². The highest BCUT2D eigenvalue weighted by atomic mass is 16.7. The minimum atomic E-state index is -0.268. The fraction of sp³-hybridized carbons (Fsp3) is 0.273. The highest BCUT2D eigenvalue weighted by Gasteiger charge is 2.19. The van der Waals surface area contributed by atoms with Crippen molar-refractivity contribution in [1.82, 2.24) is 0 Å². The molecule has 0 atom stereocenters. The Morgan fingerprint density at radius 1 is 0.964 bits per heavy atom. The standard InChI is InChI=1S/C22H18O6/c23-18(13-5-8-19-21(9-13)27-12-26-19)11-25-14-6-7-16-15-3-1-2-4-17(15)22(24)28-20(16)10-14/h5-10H,1-4,11-12H2. The van der Waals surface area contributed by atoms with Crippen molar-refractivity contribution in [3.05, 3.63) is 63.5 Å². The Morgan fingerprint density at radius 3 is 2.68 bits per heavy atom. The lowest BCUT2D eigenvalue weighted by atomic mass is 9.91. The SMILES string of the molecule is O=C(COc1ccc2c3c(c(=O)oc2c1)CCCC3)c1ccc2c(c1)OCO2. The fourth-order valence-corrected chi connectivity index (χ4v) is 3.82. The summed E-state index contributed by atoms with van der Waals surface area (Å²) in [5, 5.41) is 0.948. The molecule has 2 heterocycles. The van der Waals surface area contributed by atoms with E-state index in [-0.39, 0.29) is 24.8 Å². The van der Waals surface area contributed by atoms with Crippen molar-refractivity contribution in [3.8, 4) is 17.2 Å². The molecule has 28 heavy (non-hydrogen) atoms. The number of hydrogen-bond acceptors (Lipinski definition) is 6. The Bertz CT molecular complexity index is 1140. The normalized spacial score (nSPS) is 14.7. The van der Waals surface area contributed by atoms with Crippen molar-refractivity contribution in [2.24, 2.45) is 0 Å². The molecular formula is C22H18O6. The Kier molecular flexibility index (Phi) is 4.04. The minimum absolute atomic E-state index is 0.125.